The van der Waals surface area contributed by atoms with Crippen LogP contribution in [0.3, 0.4) is 0 Å². The summed E-state index contributed by atoms with van der Waals surface area (Å²) >= 11 is 12.0. The predicted octanol–water partition coefficient (Wildman–Crippen LogP) is 3.97. The van der Waals surface area contributed by atoms with Crippen LogP contribution in [0.4, 0.5) is 0 Å². The molecule has 1 unspecified atom stereocenters. The topological polar surface area (TPSA) is 30.7 Å². The van der Waals surface area contributed by atoms with Crippen LogP contribution in [0, 0.1) is 0 Å². The van der Waals surface area contributed by atoms with Gasteiger partial charge in [-0.1, -0.05) is 11.6 Å². The molecular weight excluding hydrogens is 245 g/mol. The molecule has 86 valence electrons. The van der Waals surface area contributed by atoms with E-state index in [4.69, 9.17) is 23.2 Å². The summed E-state index contributed by atoms with van der Waals surface area (Å²) in [5.41, 5.74) is 1.63. The number of hydrogen-bond donors (Lipinski definition) is 0. The van der Waals surface area contributed by atoms with E-state index in [-0.39, 0.29) is 11.4 Å². The summed E-state index contributed by atoms with van der Waals surface area (Å²) in [6.45, 7) is 6.07. The molecule has 0 saturated carbocycles. The van der Waals surface area contributed by atoms with Gasteiger partial charge in [0.1, 0.15) is 11.3 Å². The number of fused-ring (bicyclic) bond motifs is 1. The Morgan fingerprint density at radius 2 is 2.00 bits per heavy atom. The van der Waals surface area contributed by atoms with Crippen LogP contribution in [0.15, 0.2) is 12.3 Å². The summed E-state index contributed by atoms with van der Waals surface area (Å²) in [7, 11) is 0. The minimum absolute atomic E-state index is 0.143. The molecule has 1 atom stereocenters. The van der Waals surface area contributed by atoms with Gasteiger partial charge in [-0.15, -0.1) is 11.6 Å². The van der Waals surface area contributed by atoms with Crippen molar-refractivity contribution in [1.29, 1.82) is 0 Å². The SMILES string of the molecule is CC(Cl)c1nc2cc(Cl)cnc2n1C(C)C. The monoisotopic (exact) mass is 257 g/mol. The standard InChI is InChI=1S/C11H13Cl2N3/c1-6(2)16-10(7(3)12)15-9-4-8(13)5-14-11(9)16/h4-7H,1-3H3. The van der Waals surface area contributed by atoms with Crippen LogP contribution < -0.4 is 0 Å². The van der Waals surface area contributed by atoms with E-state index in [0.717, 1.165) is 17.0 Å². The average Bonchev–Trinajstić information content (AvgIpc) is 2.55. The minimum Gasteiger partial charge on any atom is -0.309 e. The van der Waals surface area contributed by atoms with Crippen molar-refractivity contribution in [2.75, 3.05) is 0 Å². The molecule has 0 spiro atoms. The second kappa shape index (κ2) is 4.22. The zero-order valence-corrected chi connectivity index (χ0v) is 10.9. The molecule has 2 aromatic rings. The van der Waals surface area contributed by atoms with Crippen molar-refractivity contribution in [3.63, 3.8) is 0 Å². The lowest BCUT2D eigenvalue weighted by atomic mass is 10.3. The maximum Gasteiger partial charge on any atom is 0.160 e. The van der Waals surface area contributed by atoms with Gasteiger partial charge in [-0.2, -0.15) is 0 Å². The molecule has 16 heavy (non-hydrogen) atoms. The molecule has 0 fully saturated rings. The summed E-state index contributed by atoms with van der Waals surface area (Å²) < 4.78 is 2.04. The van der Waals surface area contributed by atoms with Crippen LogP contribution in [0.5, 0.6) is 0 Å². The van der Waals surface area contributed by atoms with Crippen molar-refractivity contribution in [3.05, 3.63) is 23.1 Å². The summed E-state index contributed by atoms with van der Waals surface area (Å²) in [5.74, 6) is 0.835. The molecule has 2 heterocycles. The number of hydrogen-bond acceptors (Lipinski definition) is 2. The number of aromatic nitrogens is 3. The second-order valence-corrected chi connectivity index (χ2v) is 5.14. The Kier molecular flexibility index (Phi) is 3.08. The van der Waals surface area contributed by atoms with Crippen molar-refractivity contribution in [2.24, 2.45) is 0 Å². The van der Waals surface area contributed by atoms with Gasteiger partial charge in [0.25, 0.3) is 0 Å². The number of alkyl halides is 1. The summed E-state index contributed by atoms with van der Waals surface area (Å²) in [6.07, 6.45) is 1.63. The second-order valence-electron chi connectivity index (χ2n) is 4.05. The molecule has 0 aromatic carbocycles. The van der Waals surface area contributed by atoms with Crippen LogP contribution >= 0.6 is 23.2 Å². The van der Waals surface area contributed by atoms with Crippen LogP contribution in [0.2, 0.25) is 5.02 Å². The minimum atomic E-state index is -0.143. The molecule has 0 bridgehead atoms. The molecule has 0 amide bonds. The molecule has 0 aliphatic rings. The van der Waals surface area contributed by atoms with Gasteiger partial charge in [0.05, 0.1) is 10.4 Å². The first-order valence-electron chi connectivity index (χ1n) is 5.18. The molecule has 0 N–H and O–H groups in total. The number of halogens is 2. The average molecular weight is 258 g/mol. The third-order valence-electron chi connectivity index (χ3n) is 2.40. The Hall–Kier alpha value is -0.800. The molecule has 5 heteroatoms. The van der Waals surface area contributed by atoms with Gasteiger partial charge >= 0.3 is 0 Å². The Morgan fingerprint density at radius 3 is 2.56 bits per heavy atom. The lowest BCUT2D eigenvalue weighted by Gasteiger charge is -2.13. The van der Waals surface area contributed by atoms with E-state index in [1.807, 2.05) is 17.6 Å². The van der Waals surface area contributed by atoms with Gasteiger partial charge in [0, 0.05) is 12.2 Å². The van der Waals surface area contributed by atoms with Gasteiger partial charge < -0.3 is 4.57 Å². The van der Waals surface area contributed by atoms with E-state index in [9.17, 15) is 0 Å². The highest BCUT2D eigenvalue weighted by atomic mass is 35.5. The Balaban J connectivity index is 2.75. The largest absolute Gasteiger partial charge is 0.309 e. The maximum absolute atomic E-state index is 6.12. The number of imidazole rings is 1. The smallest absolute Gasteiger partial charge is 0.160 e. The van der Waals surface area contributed by atoms with Crippen molar-refractivity contribution in [1.82, 2.24) is 14.5 Å². The predicted molar refractivity (Wildman–Crippen MR) is 67.2 cm³/mol. The first-order valence-corrected chi connectivity index (χ1v) is 5.99. The highest BCUT2D eigenvalue weighted by Gasteiger charge is 2.17. The fraction of sp³-hybridized carbons (Fsp3) is 0.455. The number of pyridine rings is 1. The highest BCUT2D eigenvalue weighted by molar-refractivity contribution is 6.31. The number of rotatable bonds is 2. The molecule has 2 aromatic heterocycles. The van der Waals surface area contributed by atoms with Gasteiger partial charge in [-0.3, -0.25) is 0 Å². The molecule has 0 aliphatic carbocycles. The Morgan fingerprint density at radius 1 is 1.31 bits per heavy atom. The molecule has 3 nitrogen and oxygen atoms in total. The van der Waals surface area contributed by atoms with E-state index in [0.29, 0.717) is 5.02 Å². The van der Waals surface area contributed by atoms with E-state index < -0.39 is 0 Å². The third-order valence-corrected chi connectivity index (χ3v) is 2.80. The van der Waals surface area contributed by atoms with E-state index in [1.54, 1.807) is 6.20 Å². The highest BCUT2D eigenvalue weighted by Crippen LogP contribution is 2.27. The van der Waals surface area contributed by atoms with Gasteiger partial charge in [-0.25, -0.2) is 9.97 Å². The molecule has 0 radical (unpaired) electrons. The fourth-order valence-corrected chi connectivity index (χ4v) is 2.07. The molecule has 0 saturated heterocycles. The van der Waals surface area contributed by atoms with E-state index in [1.165, 1.54) is 0 Å². The van der Waals surface area contributed by atoms with Crippen LogP contribution in [0.25, 0.3) is 11.2 Å². The lowest BCUT2D eigenvalue weighted by molar-refractivity contribution is 0.580. The van der Waals surface area contributed by atoms with Gasteiger partial charge in [-0.05, 0) is 26.8 Å². The zero-order chi connectivity index (χ0) is 11.9. The van der Waals surface area contributed by atoms with Crippen molar-refractivity contribution in [3.8, 4) is 0 Å². The van der Waals surface area contributed by atoms with Crippen LogP contribution in [0.1, 0.15) is 38.0 Å². The Labute approximate surface area is 104 Å². The Bertz CT molecular complexity index is 517. The number of nitrogens with zero attached hydrogens (tertiary/aromatic N) is 3. The quantitative estimate of drug-likeness (QED) is 0.763. The summed E-state index contributed by atoms with van der Waals surface area (Å²) in [5, 5.41) is 0.449. The van der Waals surface area contributed by atoms with E-state index in [2.05, 4.69) is 23.8 Å². The molecular formula is C11H13Cl2N3. The van der Waals surface area contributed by atoms with E-state index >= 15 is 0 Å². The lowest BCUT2D eigenvalue weighted by Crippen LogP contribution is -2.07. The summed E-state index contributed by atoms with van der Waals surface area (Å²) in [6, 6.07) is 2.08. The zero-order valence-electron chi connectivity index (χ0n) is 9.41. The first-order chi connectivity index (χ1) is 7.50. The van der Waals surface area contributed by atoms with Gasteiger partial charge in [0.2, 0.25) is 0 Å². The van der Waals surface area contributed by atoms with Crippen LogP contribution in [-0.2, 0) is 0 Å². The van der Waals surface area contributed by atoms with Crippen molar-refractivity contribution in [2.45, 2.75) is 32.2 Å². The third kappa shape index (κ3) is 1.89. The maximum atomic E-state index is 6.12. The normalized spacial score (nSPS) is 13.6. The first kappa shape index (κ1) is 11.7. The molecule has 2 rings (SSSR count). The van der Waals surface area contributed by atoms with Gasteiger partial charge in [0.15, 0.2) is 5.65 Å². The fourth-order valence-electron chi connectivity index (χ4n) is 1.76. The van der Waals surface area contributed by atoms with Crippen LogP contribution in [-0.4, -0.2) is 14.5 Å². The summed E-state index contributed by atoms with van der Waals surface area (Å²) in [4.78, 5) is 8.79. The van der Waals surface area contributed by atoms with Crippen molar-refractivity contribution < 1.29 is 0 Å². The molecule has 0 aliphatic heterocycles. The van der Waals surface area contributed by atoms with Crippen molar-refractivity contribution >= 4 is 34.4 Å².